The summed E-state index contributed by atoms with van der Waals surface area (Å²) in [5.74, 6) is 1.64. The van der Waals surface area contributed by atoms with Gasteiger partial charge < -0.3 is 10.6 Å². The number of nitrogens with one attached hydrogen (secondary N) is 2. The molecule has 0 spiro atoms. The number of para-hydroxylation sites is 1. The van der Waals surface area contributed by atoms with Crippen LogP contribution in [0.5, 0.6) is 0 Å². The second-order valence-corrected chi connectivity index (χ2v) is 7.14. The number of nitrogens with zero attached hydrogens (tertiary/aromatic N) is 3. The molecule has 2 N–H and O–H groups in total. The van der Waals surface area contributed by atoms with Gasteiger partial charge in [-0.25, -0.2) is 9.67 Å². The summed E-state index contributed by atoms with van der Waals surface area (Å²) in [4.78, 5) is 4.41. The zero-order valence-electron chi connectivity index (χ0n) is 14.8. The van der Waals surface area contributed by atoms with Gasteiger partial charge in [-0.3, -0.25) is 0 Å². The van der Waals surface area contributed by atoms with Crippen molar-refractivity contribution in [2.45, 2.75) is 45.2 Å². The maximum absolute atomic E-state index is 6.05. The second kappa shape index (κ2) is 6.48. The molecule has 0 radical (unpaired) electrons. The normalized spacial score (nSPS) is 16.4. The minimum atomic E-state index is -0.449. The average molecular weight is 346 g/mol. The molecule has 2 heterocycles. The Bertz CT molecular complexity index is 840. The Hall–Kier alpha value is -2.01. The van der Waals surface area contributed by atoms with Gasteiger partial charge in [-0.15, -0.1) is 0 Å². The molecule has 1 atom stereocenters. The van der Waals surface area contributed by atoms with Crippen molar-refractivity contribution in [1.29, 1.82) is 0 Å². The van der Waals surface area contributed by atoms with Gasteiger partial charge in [-0.1, -0.05) is 57.5 Å². The van der Waals surface area contributed by atoms with Crippen LogP contribution >= 0.6 is 11.6 Å². The maximum atomic E-state index is 6.05. The number of rotatable bonds is 4. The van der Waals surface area contributed by atoms with E-state index in [1.54, 1.807) is 4.68 Å². The van der Waals surface area contributed by atoms with Crippen LogP contribution in [0.4, 0.5) is 11.5 Å². The fourth-order valence-corrected chi connectivity index (χ4v) is 3.18. The van der Waals surface area contributed by atoms with Crippen molar-refractivity contribution >= 4 is 29.3 Å². The second-order valence-electron chi connectivity index (χ2n) is 6.73. The number of anilines is 2. The summed E-state index contributed by atoms with van der Waals surface area (Å²) < 4.78 is 1.76. The maximum Gasteiger partial charge on any atom is 0.197 e. The Balaban J connectivity index is 2.14. The smallest absolute Gasteiger partial charge is 0.197 e. The predicted molar refractivity (Wildman–Crippen MR) is 99.1 cm³/mol. The molecule has 1 aromatic heterocycles. The van der Waals surface area contributed by atoms with Gasteiger partial charge >= 0.3 is 0 Å². The van der Waals surface area contributed by atoms with Crippen molar-refractivity contribution in [3.8, 4) is 0 Å². The third-order valence-corrected chi connectivity index (χ3v) is 4.49. The SMILES string of the molecule is CC(C)c1cccc(C(C)C)c1Nc1nn(C)c2c1=CNC(Cl)N=2. The zero-order valence-corrected chi connectivity index (χ0v) is 15.5. The topological polar surface area (TPSA) is 54.2 Å². The Morgan fingerprint density at radius 3 is 2.38 bits per heavy atom. The lowest BCUT2D eigenvalue weighted by Crippen LogP contribution is -2.39. The van der Waals surface area contributed by atoms with Crippen LogP contribution < -0.4 is 21.3 Å². The number of benzene rings is 1. The van der Waals surface area contributed by atoms with Crippen LogP contribution in [0.3, 0.4) is 0 Å². The number of halogens is 1. The first-order valence-corrected chi connectivity index (χ1v) is 8.73. The van der Waals surface area contributed by atoms with Gasteiger partial charge in [0.1, 0.15) is 0 Å². The highest BCUT2D eigenvalue weighted by Crippen LogP contribution is 2.33. The van der Waals surface area contributed by atoms with Gasteiger partial charge in [0, 0.05) is 18.9 Å². The molecule has 5 nitrogen and oxygen atoms in total. The Morgan fingerprint density at radius 1 is 1.17 bits per heavy atom. The lowest BCUT2D eigenvalue weighted by Gasteiger charge is -2.20. The minimum Gasteiger partial charge on any atom is -0.357 e. The van der Waals surface area contributed by atoms with E-state index in [2.05, 4.69) is 66.6 Å². The van der Waals surface area contributed by atoms with Gasteiger partial charge in [0.05, 0.1) is 5.22 Å². The summed E-state index contributed by atoms with van der Waals surface area (Å²) >= 11 is 6.05. The largest absolute Gasteiger partial charge is 0.357 e. The van der Waals surface area contributed by atoms with Crippen LogP contribution in [-0.2, 0) is 7.05 Å². The Morgan fingerprint density at radius 2 is 1.79 bits per heavy atom. The van der Waals surface area contributed by atoms with Crippen molar-refractivity contribution in [1.82, 2.24) is 15.1 Å². The molecule has 24 heavy (non-hydrogen) atoms. The van der Waals surface area contributed by atoms with Gasteiger partial charge in [0.25, 0.3) is 0 Å². The lowest BCUT2D eigenvalue weighted by atomic mass is 9.92. The third kappa shape index (κ3) is 3.00. The molecule has 0 saturated heterocycles. The van der Waals surface area contributed by atoms with Crippen LogP contribution in [0.2, 0.25) is 0 Å². The fraction of sp³-hybridized carbons (Fsp3) is 0.444. The summed E-state index contributed by atoms with van der Waals surface area (Å²) in [7, 11) is 1.88. The zero-order chi connectivity index (χ0) is 17.4. The molecule has 6 heteroatoms. The molecule has 1 aliphatic rings. The molecule has 2 aromatic rings. The molecule has 0 amide bonds. The summed E-state index contributed by atoms with van der Waals surface area (Å²) in [5.41, 5.74) is 4.05. The summed E-state index contributed by atoms with van der Waals surface area (Å²) in [6.07, 6.45) is 1.88. The molecule has 1 unspecified atom stereocenters. The average Bonchev–Trinajstić information content (AvgIpc) is 2.82. The first kappa shape index (κ1) is 16.8. The number of hydrogen-bond acceptors (Lipinski definition) is 4. The van der Waals surface area contributed by atoms with E-state index >= 15 is 0 Å². The van der Waals surface area contributed by atoms with Crippen LogP contribution in [-0.4, -0.2) is 15.4 Å². The van der Waals surface area contributed by atoms with Gasteiger partial charge in [0.2, 0.25) is 0 Å². The molecule has 1 aliphatic heterocycles. The van der Waals surface area contributed by atoms with E-state index in [1.807, 2.05) is 13.2 Å². The van der Waals surface area contributed by atoms with Crippen molar-refractivity contribution in [2.75, 3.05) is 5.32 Å². The third-order valence-electron chi connectivity index (χ3n) is 4.27. The van der Waals surface area contributed by atoms with E-state index in [9.17, 15) is 0 Å². The molecule has 128 valence electrons. The highest BCUT2D eigenvalue weighted by atomic mass is 35.5. The van der Waals surface area contributed by atoms with E-state index < -0.39 is 5.62 Å². The monoisotopic (exact) mass is 345 g/mol. The minimum absolute atomic E-state index is 0.421. The van der Waals surface area contributed by atoms with Gasteiger partial charge in [-0.05, 0) is 23.0 Å². The quantitative estimate of drug-likeness (QED) is 0.661. The molecule has 0 saturated carbocycles. The Kier molecular flexibility index (Phi) is 4.54. The van der Waals surface area contributed by atoms with Crippen molar-refractivity contribution in [3.63, 3.8) is 0 Å². The molecule has 1 aromatic carbocycles. The summed E-state index contributed by atoms with van der Waals surface area (Å²) in [6.45, 7) is 8.83. The van der Waals surface area contributed by atoms with Crippen LogP contribution in [0.1, 0.15) is 50.7 Å². The van der Waals surface area contributed by atoms with Gasteiger partial charge in [0.15, 0.2) is 16.9 Å². The first-order chi connectivity index (χ1) is 11.4. The molecule has 3 rings (SSSR count). The summed E-state index contributed by atoms with van der Waals surface area (Å²) in [6, 6.07) is 6.48. The van der Waals surface area contributed by atoms with E-state index in [1.165, 1.54) is 11.1 Å². The van der Waals surface area contributed by atoms with Crippen molar-refractivity contribution < 1.29 is 0 Å². The van der Waals surface area contributed by atoms with Crippen molar-refractivity contribution in [2.24, 2.45) is 12.0 Å². The standard InChI is InChI=1S/C18H24ClN5/c1-10(2)12-7-6-8-13(11(3)4)15(12)21-16-14-9-20-18(19)22-17(14)24(5)23-16/h6-11,18,20H,1-5H3,(H,21,23). The predicted octanol–water partition coefficient (Wildman–Crippen LogP) is 2.89. The van der Waals surface area contributed by atoms with E-state index in [-0.39, 0.29) is 0 Å². The lowest BCUT2D eigenvalue weighted by molar-refractivity contribution is 0.683. The number of alkyl halides is 1. The van der Waals surface area contributed by atoms with Crippen molar-refractivity contribution in [3.05, 3.63) is 40.0 Å². The van der Waals surface area contributed by atoms with Crippen LogP contribution in [0.25, 0.3) is 6.20 Å². The molecular weight excluding hydrogens is 322 g/mol. The number of fused-ring (bicyclic) bond motifs is 1. The molecule has 0 aliphatic carbocycles. The van der Waals surface area contributed by atoms with E-state index in [0.717, 1.165) is 22.2 Å². The van der Waals surface area contributed by atoms with E-state index in [0.29, 0.717) is 11.8 Å². The first-order valence-electron chi connectivity index (χ1n) is 8.29. The summed E-state index contributed by atoms with van der Waals surface area (Å²) in [5, 5.41) is 12.1. The fourth-order valence-electron chi connectivity index (χ4n) is 3.02. The molecule has 0 bridgehead atoms. The molecule has 0 fully saturated rings. The molecular formula is C18H24ClN5. The number of aryl methyl sites for hydroxylation is 1. The number of aromatic nitrogens is 2. The van der Waals surface area contributed by atoms with Gasteiger partial charge in [-0.2, -0.15) is 5.10 Å². The van der Waals surface area contributed by atoms with E-state index in [4.69, 9.17) is 11.6 Å². The van der Waals surface area contributed by atoms with Crippen LogP contribution in [0, 0.1) is 0 Å². The highest BCUT2D eigenvalue weighted by molar-refractivity contribution is 6.20. The van der Waals surface area contributed by atoms with Crippen LogP contribution in [0.15, 0.2) is 23.2 Å². The Labute approximate surface area is 147 Å². The number of hydrogen-bond donors (Lipinski definition) is 2. The highest BCUT2D eigenvalue weighted by Gasteiger charge is 2.17.